The fourth-order valence-electron chi connectivity index (χ4n) is 3.18. The van der Waals surface area contributed by atoms with Gasteiger partial charge in [-0.15, -0.1) is 0 Å². The van der Waals surface area contributed by atoms with E-state index in [1.54, 1.807) is 4.68 Å². The maximum atomic E-state index is 12.5. The van der Waals surface area contributed by atoms with E-state index in [1.165, 1.54) is 36.8 Å². The van der Waals surface area contributed by atoms with Crippen molar-refractivity contribution in [3.05, 3.63) is 49.8 Å². The van der Waals surface area contributed by atoms with Crippen LogP contribution in [0.3, 0.4) is 0 Å². The molecule has 1 saturated carbocycles. The summed E-state index contributed by atoms with van der Waals surface area (Å²) in [6, 6.07) is 6.19. The van der Waals surface area contributed by atoms with Crippen LogP contribution in [0.25, 0.3) is 5.69 Å². The molecule has 1 fully saturated rings. The van der Waals surface area contributed by atoms with Crippen LogP contribution in [0.2, 0.25) is 0 Å². The van der Waals surface area contributed by atoms with E-state index in [9.17, 15) is 4.79 Å². The molecule has 106 valence electrons. The molecule has 0 amide bonds. The first-order chi connectivity index (χ1) is 9.56. The van der Waals surface area contributed by atoms with Crippen LogP contribution < -0.4 is 5.56 Å². The fraction of sp³-hybridized carbons (Fsp3) is 0.438. The number of aromatic amines is 1. The van der Waals surface area contributed by atoms with E-state index in [-0.39, 0.29) is 5.56 Å². The van der Waals surface area contributed by atoms with Gasteiger partial charge in [0, 0.05) is 5.92 Å². The first-order valence-corrected chi connectivity index (χ1v) is 7.94. The second-order valence-corrected chi connectivity index (χ2v) is 6.60. The summed E-state index contributed by atoms with van der Waals surface area (Å²) in [5.41, 5.74) is 4.32. The van der Waals surface area contributed by atoms with E-state index in [0.717, 1.165) is 11.4 Å². The molecular weight excluding hydrogens is 316 g/mol. The lowest BCUT2D eigenvalue weighted by Crippen LogP contribution is -2.14. The number of aromatic nitrogens is 2. The zero-order valence-electron chi connectivity index (χ0n) is 11.9. The Labute approximate surface area is 127 Å². The lowest BCUT2D eigenvalue weighted by molar-refractivity contribution is 0.675. The number of nitrogens with zero attached hydrogens (tertiary/aromatic N) is 1. The zero-order chi connectivity index (χ0) is 14.3. The normalized spacial score (nSPS) is 15.9. The molecule has 0 atom stereocenters. The Morgan fingerprint density at radius 2 is 1.75 bits per heavy atom. The second-order valence-electron chi connectivity index (χ2n) is 5.81. The quantitative estimate of drug-likeness (QED) is 0.877. The number of hydrogen-bond donors (Lipinski definition) is 1. The molecule has 0 radical (unpaired) electrons. The van der Waals surface area contributed by atoms with Gasteiger partial charge in [0.05, 0.1) is 11.4 Å². The van der Waals surface area contributed by atoms with E-state index < -0.39 is 0 Å². The van der Waals surface area contributed by atoms with Crippen molar-refractivity contribution in [2.24, 2.45) is 0 Å². The van der Waals surface area contributed by atoms with Crippen LogP contribution in [0.15, 0.2) is 27.5 Å². The lowest BCUT2D eigenvalue weighted by atomic mass is 10.1. The Hall–Kier alpha value is -1.29. The van der Waals surface area contributed by atoms with Crippen molar-refractivity contribution in [1.29, 1.82) is 0 Å². The van der Waals surface area contributed by atoms with Crippen LogP contribution in [-0.2, 0) is 0 Å². The van der Waals surface area contributed by atoms with Crippen LogP contribution in [0, 0.1) is 13.8 Å². The summed E-state index contributed by atoms with van der Waals surface area (Å²) < 4.78 is 2.36. The molecule has 1 N–H and O–H groups in total. The molecule has 1 aliphatic rings. The first kappa shape index (κ1) is 13.7. The molecule has 2 aromatic rings. The lowest BCUT2D eigenvalue weighted by Gasteiger charge is -2.08. The Balaban J connectivity index is 2.10. The predicted octanol–water partition coefficient (Wildman–Crippen LogP) is 4.20. The van der Waals surface area contributed by atoms with Crippen LogP contribution in [0.4, 0.5) is 0 Å². The highest BCUT2D eigenvalue weighted by Crippen LogP contribution is 2.35. The Morgan fingerprint density at radius 3 is 2.35 bits per heavy atom. The summed E-state index contributed by atoms with van der Waals surface area (Å²) in [6.45, 7) is 4.11. The average Bonchev–Trinajstić information content (AvgIpc) is 2.99. The van der Waals surface area contributed by atoms with Gasteiger partial charge in [0.15, 0.2) is 0 Å². The maximum absolute atomic E-state index is 12.5. The van der Waals surface area contributed by atoms with Crippen LogP contribution in [0.5, 0.6) is 0 Å². The van der Waals surface area contributed by atoms with Gasteiger partial charge in [-0.25, -0.2) is 4.68 Å². The summed E-state index contributed by atoms with van der Waals surface area (Å²) in [4.78, 5) is 12.5. The van der Waals surface area contributed by atoms with Crippen LogP contribution >= 0.6 is 15.9 Å². The molecule has 0 saturated heterocycles. The third kappa shape index (κ3) is 2.37. The molecule has 0 spiro atoms. The van der Waals surface area contributed by atoms with Crippen molar-refractivity contribution in [1.82, 2.24) is 9.78 Å². The van der Waals surface area contributed by atoms with E-state index in [2.05, 4.69) is 40.9 Å². The molecule has 20 heavy (non-hydrogen) atoms. The highest BCUT2D eigenvalue weighted by molar-refractivity contribution is 9.10. The molecular formula is C16H19BrN2O. The molecule has 1 aromatic carbocycles. The van der Waals surface area contributed by atoms with E-state index in [1.807, 2.05) is 12.1 Å². The van der Waals surface area contributed by atoms with Crippen molar-refractivity contribution in [2.45, 2.75) is 45.4 Å². The van der Waals surface area contributed by atoms with Gasteiger partial charge in [-0.05, 0) is 65.9 Å². The van der Waals surface area contributed by atoms with Crippen molar-refractivity contribution in [3.8, 4) is 5.69 Å². The highest BCUT2D eigenvalue weighted by atomic mass is 79.9. The van der Waals surface area contributed by atoms with Crippen molar-refractivity contribution in [3.63, 3.8) is 0 Å². The molecule has 1 aliphatic carbocycles. The molecule has 1 heterocycles. The SMILES string of the molecule is Cc1cc(C)cc(-n2[nH]c(C3CCCC3)c(Br)c2=O)c1. The Bertz CT molecular complexity index is 673. The molecule has 4 heteroatoms. The number of rotatable bonds is 2. The number of nitrogens with one attached hydrogen (secondary N) is 1. The van der Waals surface area contributed by atoms with Gasteiger partial charge in [0.25, 0.3) is 5.56 Å². The number of benzene rings is 1. The third-order valence-electron chi connectivity index (χ3n) is 4.09. The summed E-state index contributed by atoms with van der Waals surface area (Å²) in [5.74, 6) is 0.490. The smallest absolute Gasteiger partial charge is 0.285 e. The standard InChI is InChI=1S/C16H19BrN2O/c1-10-7-11(2)9-13(8-10)19-16(20)14(17)15(18-19)12-5-3-4-6-12/h7-9,12,18H,3-6H2,1-2H3. The van der Waals surface area contributed by atoms with Gasteiger partial charge in [-0.2, -0.15) is 0 Å². The van der Waals surface area contributed by atoms with Gasteiger partial charge < -0.3 is 0 Å². The minimum Gasteiger partial charge on any atom is -0.294 e. The monoisotopic (exact) mass is 334 g/mol. The number of hydrogen-bond acceptors (Lipinski definition) is 1. The first-order valence-electron chi connectivity index (χ1n) is 7.15. The van der Waals surface area contributed by atoms with Gasteiger partial charge >= 0.3 is 0 Å². The summed E-state index contributed by atoms with van der Waals surface area (Å²) in [6.07, 6.45) is 4.86. The largest absolute Gasteiger partial charge is 0.294 e. The van der Waals surface area contributed by atoms with E-state index in [0.29, 0.717) is 10.4 Å². The van der Waals surface area contributed by atoms with Gasteiger partial charge in [0.1, 0.15) is 4.47 Å². The van der Waals surface area contributed by atoms with Gasteiger partial charge in [0.2, 0.25) is 0 Å². The highest BCUT2D eigenvalue weighted by Gasteiger charge is 2.24. The average molecular weight is 335 g/mol. The third-order valence-corrected chi connectivity index (χ3v) is 4.85. The summed E-state index contributed by atoms with van der Waals surface area (Å²) in [7, 11) is 0. The molecule has 0 bridgehead atoms. The number of aryl methyl sites for hydroxylation is 2. The molecule has 1 aromatic heterocycles. The molecule has 3 rings (SSSR count). The molecule has 0 aliphatic heterocycles. The van der Waals surface area contributed by atoms with Gasteiger partial charge in [-0.3, -0.25) is 9.89 Å². The van der Waals surface area contributed by atoms with Crippen molar-refractivity contribution in [2.75, 3.05) is 0 Å². The van der Waals surface area contributed by atoms with E-state index >= 15 is 0 Å². The minimum atomic E-state index is 0.0110. The van der Waals surface area contributed by atoms with Crippen molar-refractivity contribution < 1.29 is 0 Å². The maximum Gasteiger partial charge on any atom is 0.285 e. The van der Waals surface area contributed by atoms with Gasteiger partial charge in [-0.1, -0.05) is 18.9 Å². The van der Waals surface area contributed by atoms with Crippen LogP contribution in [0.1, 0.15) is 48.4 Å². The fourth-order valence-corrected chi connectivity index (χ4v) is 3.77. The predicted molar refractivity (Wildman–Crippen MR) is 84.8 cm³/mol. The number of halogens is 1. The zero-order valence-corrected chi connectivity index (χ0v) is 13.5. The molecule has 3 nitrogen and oxygen atoms in total. The van der Waals surface area contributed by atoms with Crippen molar-refractivity contribution >= 4 is 15.9 Å². The number of H-pyrrole nitrogens is 1. The topological polar surface area (TPSA) is 37.8 Å². The Kier molecular flexibility index (Phi) is 3.59. The Morgan fingerprint density at radius 1 is 1.15 bits per heavy atom. The van der Waals surface area contributed by atoms with E-state index in [4.69, 9.17) is 0 Å². The minimum absolute atomic E-state index is 0.0110. The second kappa shape index (κ2) is 5.24. The molecule has 0 unspecified atom stereocenters. The summed E-state index contributed by atoms with van der Waals surface area (Å²) in [5, 5.41) is 3.32. The summed E-state index contributed by atoms with van der Waals surface area (Å²) >= 11 is 3.48. The van der Waals surface area contributed by atoms with Crippen LogP contribution in [-0.4, -0.2) is 9.78 Å².